The Morgan fingerprint density at radius 2 is 2.39 bits per heavy atom. The fourth-order valence-corrected chi connectivity index (χ4v) is 2.94. The molecule has 0 N–H and O–H groups in total. The summed E-state index contributed by atoms with van der Waals surface area (Å²) >= 11 is 1.71. The highest BCUT2D eigenvalue weighted by molar-refractivity contribution is 7.09. The van der Waals surface area contributed by atoms with Gasteiger partial charge in [0.25, 0.3) is 0 Å². The first-order chi connectivity index (χ1) is 8.83. The monoisotopic (exact) mass is 261 g/mol. The highest BCUT2D eigenvalue weighted by Crippen LogP contribution is 2.15. The molecule has 0 aromatic carbocycles. The summed E-state index contributed by atoms with van der Waals surface area (Å²) in [7, 11) is 0. The summed E-state index contributed by atoms with van der Waals surface area (Å²) in [5.41, 5.74) is 0. The number of nitrogens with zero attached hydrogens (tertiary/aromatic N) is 3. The van der Waals surface area contributed by atoms with Gasteiger partial charge in [-0.25, -0.2) is 4.98 Å². The van der Waals surface area contributed by atoms with Gasteiger partial charge in [-0.3, -0.25) is 4.79 Å². The summed E-state index contributed by atoms with van der Waals surface area (Å²) in [5, 5.41) is 2.05. The van der Waals surface area contributed by atoms with Gasteiger partial charge in [0.05, 0.1) is 6.54 Å². The second kappa shape index (κ2) is 4.94. The van der Waals surface area contributed by atoms with Crippen molar-refractivity contribution in [1.29, 1.82) is 0 Å². The number of rotatable bonds is 3. The van der Waals surface area contributed by atoms with Crippen molar-refractivity contribution in [1.82, 2.24) is 14.5 Å². The third-order valence-corrected chi connectivity index (χ3v) is 4.20. The number of amides is 1. The van der Waals surface area contributed by atoms with Crippen LogP contribution >= 0.6 is 11.3 Å². The van der Waals surface area contributed by atoms with E-state index in [2.05, 4.69) is 21.0 Å². The minimum absolute atomic E-state index is 0.234. The second-order valence-corrected chi connectivity index (χ2v) is 5.46. The molecule has 94 valence electrons. The van der Waals surface area contributed by atoms with Crippen LogP contribution in [-0.4, -0.2) is 26.9 Å². The molecule has 0 fully saturated rings. The zero-order chi connectivity index (χ0) is 12.4. The van der Waals surface area contributed by atoms with Gasteiger partial charge in [-0.1, -0.05) is 6.07 Å². The van der Waals surface area contributed by atoms with E-state index in [1.165, 1.54) is 4.88 Å². The molecule has 0 spiro atoms. The third kappa shape index (κ3) is 2.31. The Balaban J connectivity index is 1.57. The number of thiophene rings is 1. The van der Waals surface area contributed by atoms with Gasteiger partial charge in [0, 0.05) is 36.8 Å². The Morgan fingerprint density at radius 3 is 3.22 bits per heavy atom. The van der Waals surface area contributed by atoms with E-state index in [0.29, 0.717) is 13.0 Å². The second-order valence-electron chi connectivity index (χ2n) is 4.43. The van der Waals surface area contributed by atoms with Gasteiger partial charge in [0.1, 0.15) is 5.82 Å². The van der Waals surface area contributed by atoms with Gasteiger partial charge in [-0.05, 0) is 17.9 Å². The molecule has 0 radical (unpaired) electrons. The highest BCUT2D eigenvalue weighted by atomic mass is 32.1. The molecular weight excluding hydrogens is 246 g/mol. The first kappa shape index (κ1) is 11.5. The van der Waals surface area contributed by atoms with Crippen LogP contribution in [0.25, 0.3) is 0 Å². The van der Waals surface area contributed by atoms with Gasteiger partial charge in [0.15, 0.2) is 0 Å². The van der Waals surface area contributed by atoms with Crippen molar-refractivity contribution < 1.29 is 4.79 Å². The number of aryl methyl sites for hydroxylation is 1. The number of fused-ring (bicyclic) bond motifs is 1. The quantitative estimate of drug-likeness (QED) is 0.846. The lowest BCUT2D eigenvalue weighted by Gasteiger charge is -2.27. The maximum absolute atomic E-state index is 12.1. The van der Waals surface area contributed by atoms with Gasteiger partial charge in [-0.15, -0.1) is 11.3 Å². The van der Waals surface area contributed by atoms with E-state index >= 15 is 0 Å². The standard InChI is InChI=1S/C13H15N3OS/c17-13(4-3-11-2-1-9-18-11)16-8-7-15-6-5-14-12(15)10-16/h1-2,5-6,9H,3-4,7-8,10H2. The van der Waals surface area contributed by atoms with Gasteiger partial charge in [-0.2, -0.15) is 0 Å². The predicted octanol–water partition coefficient (Wildman–Crippen LogP) is 1.92. The summed E-state index contributed by atoms with van der Waals surface area (Å²) in [6, 6.07) is 4.11. The van der Waals surface area contributed by atoms with Crippen molar-refractivity contribution in [3.8, 4) is 0 Å². The summed E-state index contributed by atoms with van der Waals surface area (Å²) in [6.45, 7) is 2.31. The molecule has 3 rings (SSSR count). The molecule has 0 atom stereocenters. The van der Waals surface area contributed by atoms with Crippen LogP contribution in [0.1, 0.15) is 17.1 Å². The van der Waals surface area contributed by atoms with Crippen LogP contribution in [-0.2, 0) is 24.3 Å². The lowest BCUT2D eigenvalue weighted by Crippen LogP contribution is -2.38. The Bertz CT molecular complexity index is 532. The van der Waals surface area contributed by atoms with Crippen LogP contribution in [0.5, 0.6) is 0 Å². The van der Waals surface area contributed by atoms with Crippen molar-refractivity contribution in [2.45, 2.75) is 25.9 Å². The molecule has 4 nitrogen and oxygen atoms in total. The Labute approximate surface area is 110 Å². The minimum Gasteiger partial charge on any atom is -0.333 e. The average Bonchev–Trinajstić information content (AvgIpc) is 3.05. The molecule has 1 aliphatic heterocycles. The van der Waals surface area contributed by atoms with Crippen LogP contribution < -0.4 is 0 Å². The SMILES string of the molecule is O=C(CCc1cccs1)N1CCn2ccnc2C1. The summed E-state index contributed by atoms with van der Waals surface area (Å²) in [6.07, 6.45) is 5.22. The Kier molecular flexibility index (Phi) is 3.15. The molecule has 18 heavy (non-hydrogen) atoms. The average molecular weight is 261 g/mol. The van der Waals surface area contributed by atoms with Crippen molar-refractivity contribution in [3.05, 3.63) is 40.6 Å². The molecule has 1 aliphatic rings. The molecular formula is C13H15N3OS. The van der Waals surface area contributed by atoms with Crippen molar-refractivity contribution in [3.63, 3.8) is 0 Å². The van der Waals surface area contributed by atoms with E-state index in [9.17, 15) is 4.79 Å². The molecule has 0 saturated heterocycles. The van der Waals surface area contributed by atoms with Crippen molar-refractivity contribution in [2.24, 2.45) is 0 Å². The first-order valence-electron chi connectivity index (χ1n) is 6.13. The molecule has 0 saturated carbocycles. The number of carbonyl (C=O) groups is 1. The van der Waals surface area contributed by atoms with Crippen LogP contribution in [0, 0.1) is 0 Å². The highest BCUT2D eigenvalue weighted by Gasteiger charge is 2.20. The van der Waals surface area contributed by atoms with Crippen LogP contribution in [0.15, 0.2) is 29.9 Å². The maximum atomic E-state index is 12.1. The van der Waals surface area contributed by atoms with E-state index < -0.39 is 0 Å². The summed E-state index contributed by atoms with van der Waals surface area (Å²) in [4.78, 5) is 19.6. The van der Waals surface area contributed by atoms with Crippen LogP contribution in [0.3, 0.4) is 0 Å². The van der Waals surface area contributed by atoms with E-state index in [-0.39, 0.29) is 5.91 Å². The Hall–Kier alpha value is -1.62. The Morgan fingerprint density at radius 1 is 1.44 bits per heavy atom. The van der Waals surface area contributed by atoms with E-state index in [1.807, 2.05) is 17.2 Å². The van der Waals surface area contributed by atoms with E-state index in [0.717, 1.165) is 25.3 Å². The largest absolute Gasteiger partial charge is 0.333 e. The summed E-state index contributed by atoms with van der Waals surface area (Å²) < 4.78 is 2.11. The van der Waals surface area contributed by atoms with Crippen LogP contribution in [0.4, 0.5) is 0 Å². The number of aromatic nitrogens is 2. The lowest BCUT2D eigenvalue weighted by molar-refractivity contribution is -0.132. The number of hydrogen-bond donors (Lipinski definition) is 0. The number of carbonyl (C=O) groups excluding carboxylic acids is 1. The summed E-state index contributed by atoms with van der Waals surface area (Å²) in [5.74, 6) is 1.23. The third-order valence-electron chi connectivity index (χ3n) is 3.26. The zero-order valence-electron chi connectivity index (χ0n) is 10.1. The smallest absolute Gasteiger partial charge is 0.223 e. The zero-order valence-corrected chi connectivity index (χ0v) is 10.9. The molecule has 3 heterocycles. The predicted molar refractivity (Wildman–Crippen MR) is 70.3 cm³/mol. The number of hydrogen-bond acceptors (Lipinski definition) is 3. The van der Waals surface area contributed by atoms with Gasteiger partial charge in [0.2, 0.25) is 5.91 Å². The molecule has 1 amide bonds. The fourth-order valence-electron chi connectivity index (χ4n) is 2.23. The first-order valence-corrected chi connectivity index (χ1v) is 7.01. The topological polar surface area (TPSA) is 38.1 Å². The normalized spacial score (nSPS) is 14.6. The van der Waals surface area contributed by atoms with E-state index in [4.69, 9.17) is 0 Å². The van der Waals surface area contributed by atoms with Gasteiger partial charge >= 0.3 is 0 Å². The van der Waals surface area contributed by atoms with E-state index in [1.54, 1.807) is 17.5 Å². The molecule has 0 unspecified atom stereocenters. The fraction of sp³-hybridized carbons (Fsp3) is 0.385. The molecule has 5 heteroatoms. The van der Waals surface area contributed by atoms with Crippen molar-refractivity contribution >= 4 is 17.2 Å². The lowest BCUT2D eigenvalue weighted by atomic mass is 10.2. The molecule has 0 aliphatic carbocycles. The van der Waals surface area contributed by atoms with Crippen molar-refractivity contribution in [2.75, 3.05) is 6.54 Å². The van der Waals surface area contributed by atoms with Gasteiger partial charge < -0.3 is 9.47 Å². The molecule has 2 aromatic rings. The molecule has 0 bridgehead atoms. The minimum atomic E-state index is 0.234. The molecule has 2 aromatic heterocycles. The van der Waals surface area contributed by atoms with Crippen LogP contribution in [0.2, 0.25) is 0 Å². The maximum Gasteiger partial charge on any atom is 0.223 e. The number of imidazole rings is 1.